The van der Waals surface area contributed by atoms with Gasteiger partial charge in [-0.05, 0) is 24.1 Å². The molecule has 7 heteroatoms. The number of rotatable bonds is 1. The maximum atomic E-state index is 12.5. The first-order valence-corrected chi connectivity index (χ1v) is 6.98. The van der Waals surface area contributed by atoms with Gasteiger partial charge in [0, 0.05) is 30.0 Å². The Kier molecular flexibility index (Phi) is 3.58. The van der Waals surface area contributed by atoms with Crippen molar-refractivity contribution in [2.24, 2.45) is 0 Å². The summed E-state index contributed by atoms with van der Waals surface area (Å²) in [5, 5.41) is 10.8. The van der Waals surface area contributed by atoms with Crippen molar-refractivity contribution in [1.82, 2.24) is 10.2 Å². The highest BCUT2D eigenvalue weighted by Crippen LogP contribution is 2.27. The van der Waals surface area contributed by atoms with Crippen molar-refractivity contribution in [3.8, 4) is 11.8 Å². The fraction of sp³-hybridized carbons (Fsp3) is 0.250. The molecule has 116 valence electrons. The summed E-state index contributed by atoms with van der Waals surface area (Å²) in [7, 11) is 0. The second-order valence-electron chi connectivity index (χ2n) is 5.33. The van der Waals surface area contributed by atoms with Gasteiger partial charge < -0.3 is 10.0 Å². The largest absolute Gasteiger partial charge is 0.472 e. The van der Waals surface area contributed by atoms with E-state index in [9.17, 15) is 19.2 Å². The third kappa shape index (κ3) is 2.79. The molecular formula is C16H12N2O5. The van der Waals surface area contributed by atoms with Crippen LogP contribution in [0.2, 0.25) is 0 Å². The smallest absolute Gasteiger partial charge is 0.382 e. The Morgan fingerprint density at radius 1 is 1.30 bits per heavy atom. The molecule has 0 bridgehead atoms. The predicted molar refractivity (Wildman–Crippen MR) is 77.0 cm³/mol. The molecule has 1 saturated heterocycles. The predicted octanol–water partition coefficient (Wildman–Crippen LogP) is -0.116. The van der Waals surface area contributed by atoms with E-state index in [1.807, 2.05) is 5.92 Å². The van der Waals surface area contributed by atoms with E-state index < -0.39 is 17.9 Å². The lowest BCUT2D eigenvalue weighted by molar-refractivity contribution is -0.137. The van der Waals surface area contributed by atoms with E-state index in [0.29, 0.717) is 17.5 Å². The normalized spacial score (nSPS) is 19.7. The van der Waals surface area contributed by atoms with Crippen LogP contribution in [0.4, 0.5) is 0 Å². The number of carbonyl (C=O) groups is 4. The first kappa shape index (κ1) is 14.8. The van der Waals surface area contributed by atoms with Gasteiger partial charge in [-0.1, -0.05) is 12.0 Å². The minimum Gasteiger partial charge on any atom is -0.472 e. The number of hydrogen-bond acceptors (Lipinski definition) is 4. The van der Waals surface area contributed by atoms with Gasteiger partial charge in [-0.25, -0.2) is 4.79 Å². The Bertz CT molecular complexity index is 802. The van der Waals surface area contributed by atoms with Crippen molar-refractivity contribution in [3.63, 3.8) is 0 Å². The molecule has 0 aromatic heterocycles. The summed E-state index contributed by atoms with van der Waals surface area (Å²) in [4.78, 5) is 47.5. The van der Waals surface area contributed by atoms with Crippen molar-refractivity contribution in [2.75, 3.05) is 0 Å². The van der Waals surface area contributed by atoms with Crippen molar-refractivity contribution in [1.29, 1.82) is 0 Å². The molecule has 0 saturated carbocycles. The van der Waals surface area contributed by atoms with E-state index in [2.05, 4.69) is 11.2 Å². The summed E-state index contributed by atoms with van der Waals surface area (Å²) in [5.41, 5.74) is 1.58. The maximum Gasteiger partial charge on any atom is 0.382 e. The molecular weight excluding hydrogens is 300 g/mol. The maximum absolute atomic E-state index is 12.5. The number of hydrogen-bond donors (Lipinski definition) is 2. The summed E-state index contributed by atoms with van der Waals surface area (Å²) >= 11 is 0. The average Bonchev–Trinajstić information content (AvgIpc) is 2.82. The van der Waals surface area contributed by atoms with Crippen LogP contribution in [0.5, 0.6) is 0 Å². The Hall–Kier alpha value is -3.14. The van der Waals surface area contributed by atoms with Gasteiger partial charge >= 0.3 is 5.97 Å². The van der Waals surface area contributed by atoms with Crippen molar-refractivity contribution < 1.29 is 24.3 Å². The van der Waals surface area contributed by atoms with Gasteiger partial charge in [-0.15, -0.1) is 0 Å². The minimum atomic E-state index is -1.25. The summed E-state index contributed by atoms with van der Waals surface area (Å²) in [5.74, 6) is 2.10. The molecule has 1 aromatic carbocycles. The van der Waals surface area contributed by atoms with Crippen LogP contribution in [-0.2, 0) is 20.9 Å². The van der Waals surface area contributed by atoms with E-state index in [4.69, 9.17) is 5.11 Å². The molecule has 1 aromatic rings. The number of nitrogens with zero attached hydrogens (tertiary/aromatic N) is 1. The molecule has 1 atom stereocenters. The average molecular weight is 312 g/mol. The molecule has 3 rings (SSSR count). The number of piperidine rings is 1. The molecule has 0 radical (unpaired) electrons. The number of aliphatic carboxylic acids is 1. The molecule has 1 unspecified atom stereocenters. The lowest BCUT2D eigenvalue weighted by atomic mass is 10.0. The van der Waals surface area contributed by atoms with Crippen molar-refractivity contribution >= 4 is 23.7 Å². The number of carboxylic acids is 1. The molecule has 7 nitrogen and oxygen atoms in total. The summed E-state index contributed by atoms with van der Waals surface area (Å²) in [6, 6.07) is 4.20. The molecule has 0 spiro atoms. The van der Waals surface area contributed by atoms with E-state index in [0.717, 1.165) is 5.56 Å². The zero-order chi connectivity index (χ0) is 16.6. The zero-order valence-corrected chi connectivity index (χ0v) is 12.0. The molecule has 23 heavy (non-hydrogen) atoms. The number of nitrogens with one attached hydrogen (secondary N) is 1. The minimum absolute atomic E-state index is 0.200. The van der Waals surface area contributed by atoms with Crippen LogP contribution in [0.1, 0.15) is 34.3 Å². The highest BCUT2D eigenvalue weighted by molar-refractivity contribution is 6.05. The van der Waals surface area contributed by atoms with E-state index in [1.54, 1.807) is 12.1 Å². The standard InChI is InChI=1S/C16H12N2O5/c19-13-5-4-12(15(22)17-13)18-8-10-3-1-9(2-6-14(20)21)7-11(10)16(18)23/h1,3,7,12H,4-5,8H2,(H,20,21)(H,17,19,22). The lowest BCUT2D eigenvalue weighted by Gasteiger charge is -2.29. The number of benzene rings is 1. The van der Waals surface area contributed by atoms with Crippen LogP contribution in [0.15, 0.2) is 18.2 Å². The van der Waals surface area contributed by atoms with Crippen LogP contribution < -0.4 is 5.32 Å². The second-order valence-corrected chi connectivity index (χ2v) is 5.33. The number of fused-ring (bicyclic) bond motifs is 1. The molecule has 3 amide bonds. The second kappa shape index (κ2) is 5.57. The first-order chi connectivity index (χ1) is 11.0. The van der Waals surface area contributed by atoms with Crippen LogP contribution in [0.25, 0.3) is 0 Å². The van der Waals surface area contributed by atoms with Crippen LogP contribution in [0, 0.1) is 11.8 Å². The SMILES string of the molecule is O=C(O)C#Cc1ccc2c(c1)C(=O)N(C1CCC(=O)NC1=O)C2. The number of imide groups is 1. The fourth-order valence-corrected chi connectivity index (χ4v) is 2.76. The van der Waals surface area contributed by atoms with Crippen LogP contribution in [-0.4, -0.2) is 39.7 Å². The summed E-state index contributed by atoms with van der Waals surface area (Å²) in [6.45, 7) is 0.285. The fourth-order valence-electron chi connectivity index (χ4n) is 2.76. The topological polar surface area (TPSA) is 104 Å². The highest BCUT2D eigenvalue weighted by Gasteiger charge is 2.38. The zero-order valence-electron chi connectivity index (χ0n) is 12.0. The summed E-state index contributed by atoms with van der Waals surface area (Å²) < 4.78 is 0. The third-order valence-corrected chi connectivity index (χ3v) is 3.84. The third-order valence-electron chi connectivity index (χ3n) is 3.84. The van der Waals surface area contributed by atoms with Crippen molar-refractivity contribution in [2.45, 2.75) is 25.4 Å². The van der Waals surface area contributed by atoms with Gasteiger partial charge in [0.1, 0.15) is 6.04 Å². The van der Waals surface area contributed by atoms with Gasteiger partial charge in [0.05, 0.1) is 0 Å². The monoisotopic (exact) mass is 312 g/mol. The highest BCUT2D eigenvalue weighted by atomic mass is 16.4. The van der Waals surface area contributed by atoms with Gasteiger partial charge in [-0.3, -0.25) is 19.7 Å². The molecule has 2 aliphatic heterocycles. The Morgan fingerprint density at radius 3 is 2.78 bits per heavy atom. The molecule has 2 N–H and O–H groups in total. The van der Waals surface area contributed by atoms with Crippen LogP contribution in [0.3, 0.4) is 0 Å². The Balaban J connectivity index is 1.85. The van der Waals surface area contributed by atoms with Gasteiger partial charge in [-0.2, -0.15) is 0 Å². The van der Waals surface area contributed by atoms with E-state index >= 15 is 0 Å². The quantitative estimate of drug-likeness (QED) is 0.556. The van der Waals surface area contributed by atoms with Crippen molar-refractivity contribution in [3.05, 3.63) is 34.9 Å². The lowest BCUT2D eigenvalue weighted by Crippen LogP contribution is -2.52. The number of amides is 3. The molecule has 2 heterocycles. The molecule has 1 fully saturated rings. The molecule has 0 aliphatic carbocycles. The summed E-state index contributed by atoms with van der Waals surface area (Å²) in [6.07, 6.45) is 0.502. The van der Waals surface area contributed by atoms with E-state index in [1.165, 1.54) is 11.0 Å². The number of carboxylic acid groups (broad SMARTS) is 1. The number of carbonyl (C=O) groups excluding carboxylic acids is 3. The van der Waals surface area contributed by atoms with E-state index in [-0.39, 0.29) is 24.8 Å². The molecule has 2 aliphatic rings. The van der Waals surface area contributed by atoms with Gasteiger partial charge in [0.15, 0.2) is 0 Å². The van der Waals surface area contributed by atoms with Gasteiger partial charge in [0.2, 0.25) is 11.8 Å². The van der Waals surface area contributed by atoms with Crippen LogP contribution >= 0.6 is 0 Å². The first-order valence-electron chi connectivity index (χ1n) is 6.98. The Morgan fingerprint density at radius 2 is 2.09 bits per heavy atom. The van der Waals surface area contributed by atoms with Gasteiger partial charge in [0.25, 0.3) is 5.91 Å². The Labute approximate surface area is 131 Å².